The summed E-state index contributed by atoms with van der Waals surface area (Å²) in [6.45, 7) is 8.87. The van der Waals surface area contributed by atoms with E-state index in [1.807, 2.05) is 6.20 Å². The maximum absolute atomic E-state index is 3.54. The lowest BCUT2D eigenvalue weighted by Crippen LogP contribution is -2.12. The highest BCUT2D eigenvalue weighted by Gasteiger charge is 2.21. The van der Waals surface area contributed by atoms with E-state index in [2.05, 4.69) is 105 Å². The maximum Gasteiger partial charge on any atom is 0.0527 e. The summed E-state index contributed by atoms with van der Waals surface area (Å²) in [6, 6.07) is 15.2. The van der Waals surface area contributed by atoms with E-state index in [-0.39, 0.29) is 5.41 Å². The first-order valence-corrected chi connectivity index (χ1v) is 9.94. The van der Waals surface area contributed by atoms with Crippen molar-refractivity contribution >= 4 is 27.9 Å². The fraction of sp³-hybridized carbons (Fsp3) is 0.231. The molecule has 0 aliphatic carbocycles. The predicted octanol–water partition coefficient (Wildman–Crippen LogP) is 7.15. The van der Waals surface area contributed by atoms with E-state index < -0.39 is 0 Å². The molecule has 0 aliphatic heterocycles. The molecule has 4 rings (SSSR count). The van der Waals surface area contributed by atoms with Crippen molar-refractivity contribution < 1.29 is 0 Å². The van der Waals surface area contributed by atoms with E-state index in [1.165, 1.54) is 44.1 Å². The molecule has 0 aliphatic rings. The standard InChI is InChI=1S/C26H28N2/c1-18(2)11-12-19-9-6-10-22-23(17-28-25(19)22)26(3,4)15-13-20-7-5-8-21-14-16-27-24(20)21/h5-11,13-17,27-28H,12H2,1-4H3. The van der Waals surface area contributed by atoms with E-state index >= 15 is 0 Å². The van der Waals surface area contributed by atoms with Gasteiger partial charge in [0.05, 0.1) is 5.52 Å². The highest BCUT2D eigenvalue weighted by molar-refractivity contribution is 5.89. The predicted molar refractivity (Wildman–Crippen MR) is 122 cm³/mol. The summed E-state index contributed by atoms with van der Waals surface area (Å²) in [7, 11) is 0. The number of fused-ring (bicyclic) bond motifs is 2. The molecule has 2 nitrogen and oxygen atoms in total. The van der Waals surface area contributed by atoms with Crippen molar-refractivity contribution in [3.63, 3.8) is 0 Å². The minimum Gasteiger partial charge on any atom is -0.361 e. The number of para-hydroxylation sites is 2. The summed E-state index contributed by atoms with van der Waals surface area (Å²) in [5.41, 5.74) is 7.62. The summed E-state index contributed by atoms with van der Waals surface area (Å²) in [5, 5.41) is 2.56. The number of aromatic nitrogens is 2. The molecule has 2 N–H and O–H groups in total. The normalized spacial score (nSPS) is 12.3. The average Bonchev–Trinajstić information content (AvgIpc) is 3.32. The van der Waals surface area contributed by atoms with Crippen LogP contribution in [0.15, 0.2) is 72.6 Å². The van der Waals surface area contributed by atoms with Gasteiger partial charge in [-0.05, 0) is 48.4 Å². The third-order valence-corrected chi connectivity index (χ3v) is 5.53. The first kappa shape index (κ1) is 18.4. The summed E-state index contributed by atoms with van der Waals surface area (Å²) >= 11 is 0. The van der Waals surface area contributed by atoms with Gasteiger partial charge in [0.1, 0.15) is 0 Å². The lowest BCUT2D eigenvalue weighted by atomic mass is 9.83. The van der Waals surface area contributed by atoms with Gasteiger partial charge in [-0.3, -0.25) is 0 Å². The van der Waals surface area contributed by atoms with Crippen molar-refractivity contribution in [1.82, 2.24) is 9.97 Å². The molecule has 0 bridgehead atoms. The quantitative estimate of drug-likeness (QED) is 0.351. The fourth-order valence-corrected chi connectivity index (χ4v) is 3.87. The highest BCUT2D eigenvalue weighted by atomic mass is 14.7. The van der Waals surface area contributed by atoms with E-state index in [1.54, 1.807) is 0 Å². The SMILES string of the molecule is CC(C)=CCc1cccc2c(C(C)(C)C=Cc3cccc4cc[nH]c34)c[nH]c12. The molecule has 0 unspecified atom stereocenters. The van der Waals surface area contributed by atoms with Crippen molar-refractivity contribution in [3.05, 3.63) is 89.3 Å². The second-order valence-corrected chi connectivity index (χ2v) is 8.37. The fourth-order valence-electron chi connectivity index (χ4n) is 3.87. The molecule has 0 saturated heterocycles. The van der Waals surface area contributed by atoms with Crippen molar-refractivity contribution in [1.29, 1.82) is 0 Å². The lowest BCUT2D eigenvalue weighted by Gasteiger charge is -2.20. The van der Waals surface area contributed by atoms with Gasteiger partial charge in [-0.15, -0.1) is 0 Å². The third-order valence-electron chi connectivity index (χ3n) is 5.53. The van der Waals surface area contributed by atoms with Gasteiger partial charge in [0, 0.05) is 28.7 Å². The summed E-state index contributed by atoms with van der Waals surface area (Å²) in [4.78, 5) is 6.90. The molecule has 0 atom stereocenters. The van der Waals surface area contributed by atoms with Crippen molar-refractivity contribution in [2.24, 2.45) is 0 Å². The van der Waals surface area contributed by atoms with Gasteiger partial charge in [0.2, 0.25) is 0 Å². The molecule has 2 heteroatoms. The van der Waals surface area contributed by atoms with E-state index in [0.717, 1.165) is 6.42 Å². The number of H-pyrrole nitrogens is 2. The van der Waals surface area contributed by atoms with Gasteiger partial charge in [0.15, 0.2) is 0 Å². The Bertz CT molecular complexity index is 1180. The smallest absolute Gasteiger partial charge is 0.0527 e. The van der Waals surface area contributed by atoms with Crippen LogP contribution in [0.25, 0.3) is 27.9 Å². The Labute approximate surface area is 167 Å². The Morgan fingerprint density at radius 3 is 2.61 bits per heavy atom. The van der Waals surface area contributed by atoms with Crippen LogP contribution in [0.2, 0.25) is 0 Å². The van der Waals surface area contributed by atoms with Crippen LogP contribution in [-0.2, 0) is 11.8 Å². The van der Waals surface area contributed by atoms with Crippen LogP contribution in [-0.4, -0.2) is 9.97 Å². The van der Waals surface area contributed by atoms with Crippen molar-refractivity contribution in [2.45, 2.75) is 39.5 Å². The molecule has 0 saturated carbocycles. The number of rotatable bonds is 5. The van der Waals surface area contributed by atoms with Gasteiger partial charge in [-0.1, -0.05) is 74.0 Å². The molecule has 0 spiro atoms. The number of hydrogen-bond donors (Lipinski definition) is 2. The Balaban J connectivity index is 1.71. The monoisotopic (exact) mass is 368 g/mol. The Kier molecular flexibility index (Phi) is 4.72. The largest absolute Gasteiger partial charge is 0.361 e. The summed E-state index contributed by atoms with van der Waals surface area (Å²) in [5.74, 6) is 0. The van der Waals surface area contributed by atoms with Crippen LogP contribution in [0.1, 0.15) is 44.4 Å². The first-order valence-electron chi connectivity index (χ1n) is 9.94. The van der Waals surface area contributed by atoms with Gasteiger partial charge in [-0.2, -0.15) is 0 Å². The number of aromatic amines is 2. The summed E-state index contributed by atoms with van der Waals surface area (Å²) < 4.78 is 0. The molecule has 142 valence electrons. The molecule has 2 aromatic heterocycles. The van der Waals surface area contributed by atoms with E-state index in [9.17, 15) is 0 Å². The average molecular weight is 369 g/mol. The Morgan fingerprint density at radius 2 is 1.79 bits per heavy atom. The highest BCUT2D eigenvalue weighted by Crippen LogP contribution is 2.34. The molecule has 2 aromatic carbocycles. The Hall–Kier alpha value is -3.00. The zero-order valence-corrected chi connectivity index (χ0v) is 17.1. The molecule has 2 heterocycles. The van der Waals surface area contributed by atoms with Crippen LogP contribution < -0.4 is 0 Å². The number of hydrogen-bond acceptors (Lipinski definition) is 0. The minimum absolute atomic E-state index is 0.0812. The topological polar surface area (TPSA) is 31.6 Å². The molecule has 0 fully saturated rings. The van der Waals surface area contributed by atoms with Gasteiger partial charge in [0.25, 0.3) is 0 Å². The number of allylic oxidation sites excluding steroid dienone is 3. The Morgan fingerprint density at radius 1 is 0.964 bits per heavy atom. The number of nitrogens with one attached hydrogen (secondary N) is 2. The van der Waals surface area contributed by atoms with E-state index in [0.29, 0.717) is 0 Å². The molecular formula is C26H28N2. The number of benzene rings is 2. The van der Waals surface area contributed by atoms with Crippen LogP contribution in [0.3, 0.4) is 0 Å². The minimum atomic E-state index is -0.0812. The molecule has 0 radical (unpaired) electrons. The zero-order valence-electron chi connectivity index (χ0n) is 17.1. The maximum atomic E-state index is 3.54. The molecule has 4 aromatic rings. The molecular weight excluding hydrogens is 340 g/mol. The van der Waals surface area contributed by atoms with Crippen LogP contribution in [0, 0.1) is 0 Å². The summed E-state index contributed by atoms with van der Waals surface area (Å²) in [6.07, 6.45) is 12.0. The molecule has 28 heavy (non-hydrogen) atoms. The van der Waals surface area contributed by atoms with Crippen LogP contribution in [0.5, 0.6) is 0 Å². The van der Waals surface area contributed by atoms with Gasteiger partial charge >= 0.3 is 0 Å². The third kappa shape index (κ3) is 3.43. The van der Waals surface area contributed by atoms with E-state index in [4.69, 9.17) is 0 Å². The second kappa shape index (κ2) is 7.20. The van der Waals surface area contributed by atoms with Gasteiger partial charge < -0.3 is 9.97 Å². The van der Waals surface area contributed by atoms with Crippen LogP contribution in [0.4, 0.5) is 0 Å². The van der Waals surface area contributed by atoms with Crippen LogP contribution >= 0.6 is 0 Å². The van der Waals surface area contributed by atoms with Crippen molar-refractivity contribution in [2.75, 3.05) is 0 Å². The molecule has 0 amide bonds. The van der Waals surface area contributed by atoms with Gasteiger partial charge in [-0.25, -0.2) is 0 Å². The zero-order chi connectivity index (χ0) is 19.7. The van der Waals surface area contributed by atoms with Crippen molar-refractivity contribution in [3.8, 4) is 0 Å². The first-order chi connectivity index (χ1) is 13.5. The second-order valence-electron chi connectivity index (χ2n) is 8.37. The lowest BCUT2D eigenvalue weighted by molar-refractivity contribution is 0.680.